The molecule has 0 fully saturated rings. The molecule has 0 N–H and O–H groups in total. The minimum absolute atomic E-state index is 0.343. The summed E-state index contributed by atoms with van der Waals surface area (Å²) < 4.78 is 36.3. The van der Waals surface area contributed by atoms with Crippen LogP contribution >= 0.6 is 12.2 Å². The van der Waals surface area contributed by atoms with Crippen LogP contribution in [0.25, 0.3) is 5.41 Å². The van der Waals surface area contributed by atoms with Crippen LogP contribution in [0.2, 0.25) is 0 Å². The first-order valence-electron chi connectivity index (χ1n) is 3.55. The van der Waals surface area contributed by atoms with Crippen molar-refractivity contribution in [3.05, 3.63) is 40.8 Å². The minimum atomic E-state index is -4.44. The number of benzene rings is 1. The second-order valence-corrected chi connectivity index (χ2v) is 2.43. The number of halogens is 3. The van der Waals surface area contributed by atoms with E-state index < -0.39 is 11.7 Å². The summed E-state index contributed by atoms with van der Waals surface area (Å²) in [6.45, 7) is 0. The molecule has 0 atom stereocenters. The Hall–Kier alpha value is -1.70. The Morgan fingerprint density at radius 2 is 1.73 bits per heavy atom. The normalized spacial score (nSPS) is 9.20. The first-order chi connectivity index (χ1) is 6.97. The lowest BCUT2D eigenvalue weighted by Gasteiger charge is -2.06. The van der Waals surface area contributed by atoms with E-state index in [1.165, 1.54) is 23.4 Å². The first kappa shape index (κ1) is 13.3. The van der Waals surface area contributed by atoms with Crippen molar-refractivity contribution in [3.8, 4) is 6.07 Å². The zero-order valence-corrected chi connectivity index (χ0v) is 8.06. The Kier molecular flexibility index (Phi) is 5.24. The van der Waals surface area contributed by atoms with Gasteiger partial charge in [-0.3, -0.25) is 0 Å². The summed E-state index contributed by atoms with van der Waals surface area (Å²) >= 11 is 3.70. The molecule has 15 heavy (non-hydrogen) atoms. The number of rotatable bonds is 0. The van der Waals surface area contributed by atoms with E-state index in [-0.39, 0.29) is 5.56 Å². The van der Waals surface area contributed by atoms with Crippen molar-refractivity contribution in [1.82, 2.24) is 0 Å². The van der Waals surface area contributed by atoms with Crippen LogP contribution in [0.15, 0.2) is 24.3 Å². The number of hydrogen-bond acceptors (Lipinski definition) is 2. The average molecular weight is 229 g/mol. The molecule has 6 heteroatoms. The van der Waals surface area contributed by atoms with Gasteiger partial charge < -0.3 is 5.41 Å². The fourth-order valence-electron chi connectivity index (χ4n) is 0.828. The second kappa shape index (κ2) is 5.91. The zero-order chi connectivity index (χ0) is 11.9. The van der Waals surface area contributed by atoms with Gasteiger partial charge in [-0.2, -0.15) is 23.6 Å². The molecule has 1 aromatic rings. The molecule has 0 radical (unpaired) electrons. The van der Waals surface area contributed by atoms with Crippen molar-refractivity contribution in [1.29, 1.82) is 5.26 Å². The molecule has 2 nitrogen and oxygen atoms in total. The first-order valence-corrected chi connectivity index (χ1v) is 3.95. The monoisotopic (exact) mass is 229 g/mol. The number of thiocarbonyl (C=S) groups is 1. The Bertz CT molecular complexity index is 401. The van der Waals surface area contributed by atoms with Crippen LogP contribution in [0.4, 0.5) is 13.2 Å². The third-order valence-electron chi connectivity index (χ3n) is 1.35. The van der Waals surface area contributed by atoms with Gasteiger partial charge in [-0.25, -0.2) is 0 Å². The average Bonchev–Trinajstić information content (AvgIpc) is 2.18. The maximum atomic E-state index is 12.1. The lowest BCUT2D eigenvalue weighted by Crippen LogP contribution is -2.06. The van der Waals surface area contributed by atoms with Gasteiger partial charge in [0.1, 0.15) is 0 Å². The summed E-state index contributed by atoms with van der Waals surface area (Å²) in [5.74, 6) is 0. The molecule has 0 saturated heterocycles. The van der Waals surface area contributed by atoms with Gasteiger partial charge in [-0.1, -0.05) is 24.4 Å². The van der Waals surface area contributed by atoms with E-state index in [4.69, 9.17) is 10.7 Å². The number of alkyl halides is 3. The number of nitriles is 1. The Labute approximate surface area is 89.5 Å². The van der Waals surface area contributed by atoms with Crippen molar-refractivity contribution >= 4 is 17.4 Å². The van der Waals surface area contributed by atoms with Crippen molar-refractivity contribution in [2.45, 2.75) is 6.18 Å². The summed E-state index contributed by atoms with van der Waals surface area (Å²) in [4.78, 5) is 0. The highest BCUT2D eigenvalue weighted by Crippen LogP contribution is 2.31. The Morgan fingerprint density at radius 3 is 2.07 bits per heavy atom. The van der Waals surface area contributed by atoms with Crippen molar-refractivity contribution in [2.24, 2.45) is 0 Å². The molecule has 0 aliphatic rings. The van der Waals surface area contributed by atoms with Crippen LogP contribution in [-0.4, -0.2) is 5.16 Å². The molecule has 0 bridgehead atoms. The number of isothiocyanates is 1. The maximum Gasteiger partial charge on any atom is 0.417 e. The number of hydrogen-bond donors (Lipinski definition) is 0. The number of nitrogens with zero attached hydrogens (tertiary/aromatic N) is 2. The highest BCUT2D eigenvalue weighted by molar-refractivity contribution is 7.78. The standard InChI is InChI=1S/C8H4F3N.CNS/c9-8(10,11)7-4-2-1-3-6(7)5-12;2-1-3/h1-4H;/q;-1. The fraction of sp³-hybridized carbons (Fsp3) is 0.111. The molecule has 0 spiro atoms. The molecule has 0 aromatic heterocycles. The van der Waals surface area contributed by atoms with Crippen LogP contribution in [-0.2, 0) is 6.18 Å². The zero-order valence-electron chi connectivity index (χ0n) is 7.25. The summed E-state index contributed by atoms with van der Waals surface area (Å²) in [5.41, 5.74) is -1.22. The highest BCUT2D eigenvalue weighted by Gasteiger charge is 2.32. The Balaban J connectivity index is 0.000000583. The smallest absolute Gasteiger partial charge is 0.417 e. The van der Waals surface area contributed by atoms with Crippen LogP contribution in [0.3, 0.4) is 0 Å². The van der Waals surface area contributed by atoms with Crippen LogP contribution in [0, 0.1) is 11.3 Å². The summed E-state index contributed by atoms with van der Waals surface area (Å²) in [6.07, 6.45) is -4.44. The molecule has 1 aromatic carbocycles. The minimum Gasteiger partial charge on any atom is -0.753 e. The second-order valence-electron chi connectivity index (χ2n) is 2.25. The van der Waals surface area contributed by atoms with Gasteiger partial charge in [-0.15, -0.1) is 0 Å². The molecule has 0 amide bonds. The fourth-order valence-corrected chi connectivity index (χ4v) is 0.828. The third-order valence-corrected chi connectivity index (χ3v) is 1.35. The molecular weight excluding hydrogens is 225 g/mol. The molecule has 78 valence electrons. The van der Waals surface area contributed by atoms with Crippen molar-refractivity contribution in [2.75, 3.05) is 0 Å². The topological polar surface area (TPSA) is 46.1 Å². The lowest BCUT2D eigenvalue weighted by molar-refractivity contribution is -0.137. The highest BCUT2D eigenvalue weighted by atomic mass is 32.1. The van der Waals surface area contributed by atoms with E-state index in [1.807, 2.05) is 0 Å². The molecule has 0 unspecified atom stereocenters. The van der Waals surface area contributed by atoms with Gasteiger partial charge in [0.2, 0.25) is 0 Å². The van der Waals surface area contributed by atoms with E-state index in [0.29, 0.717) is 0 Å². The largest absolute Gasteiger partial charge is 0.753 e. The summed E-state index contributed by atoms with van der Waals surface area (Å²) in [5, 5.41) is 16.8. The molecule has 0 aliphatic carbocycles. The van der Waals surface area contributed by atoms with E-state index in [9.17, 15) is 13.2 Å². The van der Waals surface area contributed by atoms with Gasteiger partial charge in [0.15, 0.2) is 0 Å². The van der Waals surface area contributed by atoms with Crippen LogP contribution < -0.4 is 0 Å². The van der Waals surface area contributed by atoms with Crippen LogP contribution in [0.5, 0.6) is 0 Å². The van der Waals surface area contributed by atoms with Gasteiger partial charge in [0, 0.05) is 0 Å². The van der Waals surface area contributed by atoms with Crippen LogP contribution in [0.1, 0.15) is 11.1 Å². The predicted octanol–water partition coefficient (Wildman–Crippen LogP) is 3.24. The molecular formula is C9H4F3N2S-. The molecule has 0 saturated carbocycles. The van der Waals surface area contributed by atoms with Gasteiger partial charge in [-0.05, 0) is 12.1 Å². The predicted molar refractivity (Wildman–Crippen MR) is 52.1 cm³/mol. The molecule has 0 heterocycles. The lowest BCUT2D eigenvalue weighted by atomic mass is 10.1. The van der Waals surface area contributed by atoms with E-state index >= 15 is 0 Å². The van der Waals surface area contributed by atoms with Gasteiger partial charge in [0.05, 0.1) is 17.2 Å². The summed E-state index contributed by atoms with van der Waals surface area (Å²) in [7, 11) is 0. The molecule has 1 rings (SSSR count). The van der Waals surface area contributed by atoms with E-state index in [2.05, 4.69) is 12.2 Å². The van der Waals surface area contributed by atoms with E-state index in [0.717, 1.165) is 12.1 Å². The quantitative estimate of drug-likeness (QED) is 0.506. The van der Waals surface area contributed by atoms with E-state index in [1.54, 1.807) is 0 Å². The SMILES string of the molecule is N#Cc1ccccc1C(F)(F)F.[N-]=C=S. The van der Waals surface area contributed by atoms with Crippen molar-refractivity contribution in [3.63, 3.8) is 0 Å². The Morgan fingerprint density at radius 1 is 1.27 bits per heavy atom. The van der Waals surface area contributed by atoms with Gasteiger partial charge in [0.25, 0.3) is 0 Å². The van der Waals surface area contributed by atoms with Crippen molar-refractivity contribution < 1.29 is 13.2 Å². The van der Waals surface area contributed by atoms with Gasteiger partial charge >= 0.3 is 6.18 Å². The third kappa shape index (κ3) is 4.36. The molecule has 0 aliphatic heterocycles. The summed E-state index contributed by atoms with van der Waals surface area (Å²) in [6, 6.07) is 6.16. The maximum absolute atomic E-state index is 12.1.